The molecule has 0 saturated carbocycles. The van der Waals surface area contributed by atoms with E-state index in [1.54, 1.807) is 12.1 Å². The first-order valence-corrected chi connectivity index (χ1v) is 11.1. The van der Waals surface area contributed by atoms with E-state index >= 15 is 0 Å². The molecule has 1 saturated heterocycles. The van der Waals surface area contributed by atoms with Crippen LogP contribution in [0.4, 0.5) is 0 Å². The molecule has 1 fully saturated rings. The second-order valence-corrected chi connectivity index (χ2v) is 8.15. The highest BCUT2D eigenvalue weighted by atomic mass is 16.6. The zero-order valence-electron chi connectivity index (χ0n) is 19.6. The zero-order valence-corrected chi connectivity index (χ0v) is 19.6. The van der Waals surface area contributed by atoms with Crippen LogP contribution in [0, 0.1) is 0 Å². The Morgan fingerprint density at radius 3 is 2.49 bits per heavy atom. The summed E-state index contributed by atoms with van der Waals surface area (Å²) in [4.78, 5) is 52.5. The smallest absolute Gasteiger partial charge is 0.344 e. The standard InChI is InChI=1S/C25H26N2O8/c1-32-18-11-9-15-20(21(18)33-2)25(31)35-23(15)27-17(10-12-19(27)28)22(29)26-16(24(30)34-3)13-14-7-5-4-6-8-14/h4-9,11,16-17,23H,10,12-13H2,1-3H3,(H,26,29)/t16-,17-,23?/m0/s1. The van der Waals surface area contributed by atoms with E-state index in [-0.39, 0.29) is 36.5 Å². The third-order valence-electron chi connectivity index (χ3n) is 6.16. The van der Waals surface area contributed by atoms with Crippen LogP contribution in [0.5, 0.6) is 11.5 Å². The zero-order chi connectivity index (χ0) is 25.1. The molecule has 1 unspecified atom stereocenters. The maximum absolute atomic E-state index is 13.3. The Hall–Kier alpha value is -4.08. The molecule has 2 aromatic carbocycles. The summed E-state index contributed by atoms with van der Waals surface area (Å²) in [5, 5.41) is 2.72. The molecule has 4 rings (SSSR count). The van der Waals surface area contributed by atoms with Crippen LogP contribution < -0.4 is 14.8 Å². The van der Waals surface area contributed by atoms with Crippen molar-refractivity contribution >= 4 is 23.8 Å². The molecule has 1 N–H and O–H groups in total. The van der Waals surface area contributed by atoms with Crippen LogP contribution >= 0.6 is 0 Å². The predicted octanol–water partition coefficient (Wildman–Crippen LogP) is 1.76. The van der Waals surface area contributed by atoms with Gasteiger partial charge in [0.2, 0.25) is 18.0 Å². The predicted molar refractivity (Wildman–Crippen MR) is 122 cm³/mol. The van der Waals surface area contributed by atoms with Gasteiger partial charge in [0.1, 0.15) is 17.6 Å². The molecule has 2 aliphatic rings. The van der Waals surface area contributed by atoms with Crippen LogP contribution in [-0.4, -0.2) is 62.1 Å². The number of amides is 2. The highest BCUT2D eigenvalue weighted by Crippen LogP contribution is 2.45. The largest absolute Gasteiger partial charge is 0.493 e. The van der Waals surface area contributed by atoms with Crippen molar-refractivity contribution in [3.8, 4) is 11.5 Å². The highest BCUT2D eigenvalue weighted by Gasteiger charge is 2.48. The van der Waals surface area contributed by atoms with Gasteiger partial charge in [-0.05, 0) is 24.1 Å². The molecule has 0 spiro atoms. The van der Waals surface area contributed by atoms with Gasteiger partial charge in [-0.3, -0.25) is 14.5 Å². The lowest BCUT2D eigenvalue weighted by molar-refractivity contribution is -0.149. The van der Waals surface area contributed by atoms with Crippen LogP contribution in [0.3, 0.4) is 0 Å². The number of nitrogens with one attached hydrogen (secondary N) is 1. The Kier molecular flexibility index (Phi) is 6.90. The number of methoxy groups -OCH3 is 3. The van der Waals surface area contributed by atoms with Crippen molar-refractivity contribution in [2.45, 2.75) is 37.6 Å². The molecule has 0 bridgehead atoms. The number of rotatable bonds is 8. The third kappa shape index (κ3) is 4.51. The fraction of sp³-hybridized carbons (Fsp3) is 0.360. The SMILES string of the molecule is COC(=O)[C@H](Cc1ccccc1)NC(=O)[C@@H]1CCC(=O)N1C1OC(=O)c2c1ccc(OC)c2OC. The van der Waals surface area contributed by atoms with Gasteiger partial charge in [-0.25, -0.2) is 9.59 Å². The number of nitrogens with zero attached hydrogens (tertiary/aromatic N) is 1. The number of likely N-dealkylation sites (tertiary alicyclic amines) is 1. The first-order chi connectivity index (χ1) is 16.9. The van der Waals surface area contributed by atoms with Crippen molar-refractivity contribution in [3.05, 3.63) is 59.2 Å². The summed E-state index contributed by atoms with van der Waals surface area (Å²) in [6.45, 7) is 0. The van der Waals surface area contributed by atoms with Crippen molar-refractivity contribution in [2.24, 2.45) is 0 Å². The van der Waals surface area contributed by atoms with E-state index in [0.717, 1.165) is 5.56 Å². The maximum Gasteiger partial charge on any atom is 0.344 e. The number of ether oxygens (including phenoxy) is 4. The second-order valence-electron chi connectivity index (χ2n) is 8.15. The molecule has 0 radical (unpaired) electrons. The van der Waals surface area contributed by atoms with Gasteiger partial charge in [0.25, 0.3) is 0 Å². The lowest BCUT2D eigenvalue weighted by Crippen LogP contribution is -2.52. The monoisotopic (exact) mass is 482 g/mol. The summed E-state index contributed by atoms with van der Waals surface area (Å²) in [5.74, 6) is -1.63. The quantitative estimate of drug-likeness (QED) is 0.565. The number of hydrogen-bond donors (Lipinski definition) is 1. The van der Waals surface area contributed by atoms with Crippen LogP contribution in [-0.2, 0) is 30.3 Å². The molecule has 0 aliphatic carbocycles. The van der Waals surface area contributed by atoms with Gasteiger partial charge in [-0.2, -0.15) is 0 Å². The first kappa shape index (κ1) is 24.1. The van der Waals surface area contributed by atoms with E-state index in [4.69, 9.17) is 18.9 Å². The normalized spacial score (nSPS) is 19.6. The van der Waals surface area contributed by atoms with E-state index in [9.17, 15) is 19.2 Å². The fourth-order valence-corrected chi connectivity index (χ4v) is 4.50. The minimum atomic E-state index is -1.10. The second kappa shape index (κ2) is 10.0. The summed E-state index contributed by atoms with van der Waals surface area (Å²) >= 11 is 0. The lowest BCUT2D eigenvalue weighted by Gasteiger charge is -2.30. The van der Waals surface area contributed by atoms with Gasteiger partial charge in [0, 0.05) is 18.4 Å². The molecule has 2 amide bonds. The minimum absolute atomic E-state index is 0.0936. The lowest BCUT2D eigenvalue weighted by atomic mass is 10.0. The van der Waals surface area contributed by atoms with Crippen molar-refractivity contribution in [1.29, 1.82) is 0 Å². The average Bonchev–Trinajstić information content (AvgIpc) is 3.42. The third-order valence-corrected chi connectivity index (χ3v) is 6.16. The van der Waals surface area contributed by atoms with Gasteiger partial charge in [-0.15, -0.1) is 0 Å². The number of hydrogen-bond acceptors (Lipinski definition) is 8. The summed E-state index contributed by atoms with van der Waals surface area (Å²) in [6.07, 6.45) is -0.580. The molecular formula is C25H26N2O8. The Morgan fingerprint density at radius 2 is 1.83 bits per heavy atom. The Morgan fingerprint density at radius 1 is 1.09 bits per heavy atom. The van der Waals surface area contributed by atoms with Crippen LogP contribution in [0.1, 0.15) is 40.6 Å². The molecule has 10 nitrogen and oxygen atoms in total. The Bertz CT molecular complexity index is 1150. The molecular weight excluding hydrogens is 456 g/mol. The summed E-state index contributed by atoms with van der Waals surface area (Å²) in [6, 6.07) is 10.5. The first-order valence-electron chi connectivity index (χ1n) is 11.1. The Labute approximate surface area is 202 Å². The van der Waals surface area contributed by atoms with Crippen LogP contribution in [0.15, 0.2) is 42.5 Å². The molecule has 2 heterocycles. The molecule has 2 aliphatic heterocycles. The van der Waals surface area contributed by atoms with Crippen LogP contribution in [0.25, 0.3) is 0 Å². The van der Waals surface area contributed by atoms with E-state index in [1.807, 2.05) is 30.3 Å². The number of cyclic esters (lactones) is 1. The average molecular weight is 482 g/mol. The molecule has 10 heteroatoms. The van der Waals surface area contributed by atoms with Gasteiger partial charge in [0.15, 0.2) is 11.5 Å². The summed E-state index contributed by atoms with van der Waals surface area (Å²) < 4.78 is 21.0. The molecule has 35 heavy (non-hydrogen) atoms. The van der Waals surface area contributed by atoms with Gasteiger partial charge in [-0.1, -0.05) is 30.3 Å². The Balaban J connectivity index is 1.60. The number of fused-ring (bicyclic) bond motifs is 1. The molecule has 0 aromatic heterocycles. The molecule has 184 valence electrons. The van der Waals surface area contributed by atoms with Crippen molar-refractivity contribution in [3.63, 3.8) is 0 Å². The summed E-state index contributed by atoms with van der Waals surface area (Å²) in [7, 11) is 4.09. The fourth-order valence-electron chi connectivity index (χ4n) is 4.50. The number of esters is 2. The van der Waals surface area contributed by atoms with Crippen LogP contribution in [0.2, 0.25) is 0 Å². The van der Waals surface area contributed by atoms with E-state index in [0.29, 0.717) is 11.3 Å². The number of carbonyl (C=O) groups excluding carboxylic acids is 4. The van der Waals surface area contributed by atoms with E-state index in [2.05, 4.69) is 5.32 Å². The number of benzene rings is 2. The van der Waals surface area contributed by atoms with E-state index < -0.39 is 36.2 Å². The van der Waals surface area contributed by atoms with Crippen molar-refractivity contribution < 1.29 is 38.1 Å². The summed E-state index contributed by atoms with van der Waals surface area (Å²) in [5.41, 5.74) is 1.38. The minimum Gasteiger partial charge on any atom is -0.493 e. The van der Waals surface area contributed by atoms with Gasteiger partial charge >= 0.3 is 11.9 Å². The molecule has 3 atom stereocenters. The number of carbonyl (C=O) groups is 4. The molecule has 2 aromatic rings. The topological polar surface area (TPSA) is 120 Å². The van der Waals surface area contributed by atoms with Gasteiger partial charge in [0.05, 0.1) is 21.3 Å². The maximum atomic E-state index is 13.3. The van der Waals surface area contributed by atoms with Gasteiger partial charge < -0.3 is 24.3 Å². The van der Waals surface area contributed by atoms with E-state index in [1.165, 1.54) is 26.2 Å². The highest BCUT2D eigenvalue weighted by molar-refractivity contribution is 5.99. The van der Waals surface area contributed by atoms with Crippen molar-refractivity contribution in [1.82, 2.24) is 10.2 Å². The van der Waals surface area contributed by atoms with Crippen molar-refractivity contribution in [2.75, 3.05) is 21.3 Å².